The Hall–Kier alpha value is -1.11. The van der Waals surface area contributed by atoms with Crippen LogP contribution in [0.5, 0.6) is 0 Å². The fourth-order valence-corrected chi connectivity index (χ4v) is 0.608. The summed E-state index contributed by atoms with van der Waals surface area (Å²) in [6.45, 7) is 3.42. The molecule has 0 heterocycles. The molecule has 12 heavy (non-hydrogen) atoms. The van der Waals surface area contributed by atoms with Gasteiger partial charge in [-0.3, -0.25) is 0 Å². The molecule has 0 fully saturated rings. The second-order valence-electron chi connectivity index (χ2n) is 2.12. The molecule has 0 saturated heterocycles. The van der Waals surface area contributed by atoms with Crippen molar-refractivity contribution in [3.05, 3.63) is 23.8 Å². The third-order valence-corrected chi connectivity index (χ3v) is 1.21. The summed E-state index contributed by atoms with van der Waals surface area (Å²) in [7, 11) is 0. The third kappa shape index (κ3) is 5.66. The summed E-state index contributed by atoms with van der Waals surface area (Å²) in [4.78, 5) is 0. The van der Waals surface area contributed by atoms with Crippen LogP contribution in [0.4, 0.5) is 0 Å². The van der Waals surface area contributed by atoms with Crippen LogP contribution in [-0.4, -0.2) is 19.8 Å². The highest BCUT2D eigenvalue weighted by Gasteiger charge is 1.84. The van der Waals surface area contributed by atoms with Crippen molar-refractivity contribution in [2.75, 3.05) is 19.8 Å². The van der Waals surface area contributed by atoms with E-state index >= 15 is 0 Å². The molecule has 0 aromatic heterocycles. The van der Waals surface area contributed by atoms with E-state index in [-0.39, 0.29) is 0 Å². The zero-order valence-corrected chi connectivity index (χ0v) is 7.29. The van der Waals surface area contributed by atoms with Gasteiger partial charge in [-0.2, -0.15) is 5.26 Å². The Morgan fingerprint density at radius 3 is 2.92 bits per heavy atom. The molecule has 0 aliphatic carbocycles. The Morgan fingerprint density at radius 1 is 1.67 bits per heavy atom. The second-order valence-corrected chi connectivity index (χ2v) is 2.12. The smallest absolute Gasteiger partial charge is 0.0987 e. The molecule has 2 N–H and O–H groups in total. The van der Waals surface area contributed by atoms with E-state index in [2.05, 4.69) is 0 Å². The van der Waals surface area contributed by atoms with Crippen LogP contribution in [0.25, 0.3) is 0 Å². The summed E-state index contributed by atoms with van der Waals surface area (Å²) in [6.07, 6.45) is 5.28. The second kappa shape index (κ2) is 7.99. The minimum atomic E-state index is 0.510. The Balaban J connectivity index is 3.56. The van der Waals surface area contributed by atoms with Crippen molar-refractivity contribution in [3.8, 4) is 6.07 Å². The highest BCUT2D eigenvalue weighted by Crippen LogP contribution is 1.93. The number of rotatable bonds is 5. The average Bonchev–Trinajstić information content (AvgIpc) is 2.11. The SMILES string of the molecule is C/C=C(C#N)\C=C/COCCN. The van der Waals surface area contributed by atoms with Crippen LogP contribution >= 0.6 is 0 Å². The van der Waals surface area contributed by atoms with E-state index < -0.39 is 0 Å². The number of ether oxygens (including phenoxy) is 1. The first-order valence-corrected chi connectivity index (χ1v) is 3.86. The lowest BCUT2D eigenvalue weighted by atomic mass is 10.2. The van der Waals surface area contributed by atoms with Gasteiger partial charge in [0, 0.05) is 12.1 Å². The van der Waals surface area contributed by atoms with Gasteiger partial charge in [0.25, 0.3) is 0 Å². The minimum absolute atomic E-state index is 0.510. The number of allylic oxidation sites excluding steroid dienone is 3. The van der Waals surface area contributed by atoms with Gasteiger partial charge in [0.05, 0.1) is 19.3 Å². The Kier molecular flexibility index (Phi) is 7.25. The van der Waals surface area contributed by atoms with Crippen LogP contribution in [0.3, 0.4) is 0 Å². The molecule has 0 bridgehead atoms. The summed E-state index contributed by atoms with van der Waals surface area (Å²) in [5.41, 5.74) is 5.85. The first-order valence-electron chi connectivity index (χ1n) is 3.86. The molecule has 0 rings (SSSR count). The van der Waals surface area contributed by atoms with E-state index in [4.69, 9.17) is 15.7 Å². The van der Waals surface area contributed by atoms with Crippen LogP contribution in [0.1, 0.15) is 6.92 Å². The highest BCUT2D eigenvalue weighted by atomic mass is 16.5. The summed E-state index contributed by atoms with van der Waals surface area (Å²) < 4.78 is 5.07. The zero-order valence-electron chi connectivity index (χ0n) is 7.29. The summed E-state index contributed by atoms with van der Waals surface area (Å²) in [5.74, 6) is 0. The van der Waals surface area contributed by atoms with Crippen molar-refractivity contribution >= 4 is 0 Å². The molecule has 0 spiro atoms. The van der Waals surface area contributed by atoms with E-state index in [0.717, 1.165) is 0 Å². The standard InChI is InChI=1S/C9H14N2O/c1-2-9(8-11)4-3-6-12-7-5-10/h2-4H,5-7,10H2,1H3/b4-3-,9-2+. The first-order chi connectivity index (χ1) is 5.85. The zero-order chi connectivity index (χ0) is 9.23. The Bertz CT molecular complexity index is 201. The lowest BCUT2D eigenvalue weighted by Gasteiger charge is -1.95. The van der Waals surface area contributed by atoms with Gasteiger partial charge in [-0.1, -0.05) is 12.2 Å². The van der Waals surface area contributed by atoms with Crippen molar-refractivity contribution in [3.63, 3.8) is 0 Å². The quantitative estimate of drug-likeness (QED) is 0.376. The van der Waals surface area contributed by atoms with Crippen LogP contribution in [0.15, 0.2) is 23.8 Å². The fraction of sp³-hybridized carbons (Fsp3) is 0.444. The molecule has 0 saturated carbocycles. The minimum Gasteiger partial charge on any atom is -0.376 e. The molecule has 0 amide bonds. The van der Waals surface area contributed by atoms with Gasteiger partial charge < -0.3 is 10.5 Å². The number of nitrogens with two attached hydrogens (primary N) is 1. The summed E-state index contributed by atoms with van der Waals surface area (Å²) >= 11 is 0. The van der Waals surface area contributed by atoms with E-state index in [1.165, 1.54) is 0 Å². The van der Waals surface area contributed by atoms with Crippen LogP contribution in [0.2, 0.25) is 0 Å². The summed E-state index contributed by atoms with van der Waals surface area (Å²) in [5, 5.41) is 8.50. The molecule has 3 nitrogen and oxygen atoms in total. The molecular formula is C9H14N2O. The number of nitriles is 1. The van der Waals surface area contributed by atoms with Crippen molar-refractivity contribution in [2.45, 2.75) is 6.92 Å². The van der Waals surface area contributed by atoms with E-state index in [9.17, 15) is 0 Å². The lowest BCUT2D eigenvalue weighted by Crippen LogP contribution is -2.07. The van der Waals surface area contributed by atoms with Crippen LogP contribution in [-0.2, 0) is 4.74 Å². The molecule has 0 aliphatic rings. The lowest BCUT2D eigenvalue weighted by molar-refractivity contribution is 0.170. The first kappa shape index (κ1) is 10.9. The van der Waals surface area contributed by atoms with Crippen molar-refractivity contribution < 1.29 is 4.74 Å². The molecule has 0 atom stereocenters. The van der Waals surface area contributed by atoms with Crippen LogP contribution in [0, 0.1) is 11.3 Å². The largest absolute Gasteiger partial charge is 0.376 e. The average molecular weight is 166 g/mol. The molecular weight excluding hydrogens is 152 g/mol. The van der Waals surface area contributed by atoms with Crippen molar-refractivity contribution in [2.24, 2.45) is 5.73 Å². The predicted octanol–water partition coefficient (Wildman–Crippen LogP) is 0.988. The molecule has 3 heteroatoms. The van der Waals surface area contributed by atoms with E-state index in [1.54, 1.807) is 18.2 Å². The van der Waals surface area contributed by atoms with Gasteiger partial charge >= 0.3 is 0 Å². The maximum Gasteiger partial charge on any atom is 0.0987 e. The predicted molar refractivity (Wildman–Crippen MR) is 48.4 cm³/mol. The molecule has 0 aliphatic heterocycles. The highest BCUT2D eigenvalue weighted by molar-refractivity contribution is 5.31. The Morgan fingerprint density at radius 2 is 2.42 bits per heavy atom. The Labute approximate surface area is 73.1 Å². The normalized spacial score (nSPS) is 11.9. The topological polar surface area (TPSA) is 59.0 Å². The van der Waals surface area contributed by atoms with Crippen molar-refractivity contribution in [1.29, 1.82) is 5.26 Å². The fourth-order valence-electron chi connectivity index (χ4n) is 0.608. The van der Waals surface area contributed by atoms with Crippen molar-refractivity contribution in [1.82, 2.24) is 0 Å². The molecule has 0 unspecified atom stereocenters. The number of nitrogens with zero attached hydrogens (tertiary/aromatic N) is 1. The van der Waals surface area contributed by atoms with Gasteiger partial charge in [0.2, 0.25) is 0 Å². The summed E-state index contributed by atoms with van der Waals surface area (Å²) in [6, 6.07) is 2.04. The van der Waals surface area contributed by atoms with Gasteiger partial charge in [0.1, 0.15) is 0 Å². The third-order valence-electron chi connectivity index (χ3n) is 1.21. The van der Waals surface area contributed by atoms with Gasteiger partial charge in [-0.25, -0.2) is 0 Å². The molecule has 66 valence electrons. The molecule has 0 radical (unpaired) electrons. The molecule has 0 aromatic carbocycles. The van der Waals surface area contributed by atoms with E-state index in [1.807, 2.05) is 13.0 Å². The van der Waals surface area contributed by atoms with Gasteiger partial charge in [-0.05, 0) is 13.0 Å². The monoisotopic (exact) mass is 166 g/mol. The number of hydrogen-bond acceptors (Lipinski definition) is 3. The number of hydrogen-bond donors (Lipinski definition) is 1. The van der Waals surface area contributed by atoms with E-state index in [0.29, 0.717) is 25.3 Å². The maximum absolute atomic E-state index is 8.50. The molecule has 0 aromatic rings. The van der Waals surface area contributed by atoms with Crippen LogP contribution < -0.4 is 5.73 Å². The van der Waals surface area contributed by atoms with Gasteiger partial charge in [-0.15, -0.1) is 0 Å². The van der Waals surface area contributed by atoms with Gasteiger partial charge in [0.15, 0.2) is 0 Å². The maximum atomic E-state index is 8.50.